The van der Waals surface area contributed by atoms with Crippen molar-refractivity contribution in [3.05, 3.63) is 95.3 Å². The van der Waals surface area contributed by atoms with Gasteiger partial charge in [0.15, 0.2) is 0 Å². The number of hydrogen-bond acceptors (Lipinski definition) is 4. The van der Waals surface area contributed by atoms with Crippen LogP contribution in [-0.2, 0) is 26.2 Å². The molecular weight excluding hydrogens is 541 g/mol. The molecule has 0 radical (unpaired) electrons. The monoisotopic (exact) mass is 573 g/mol. The number of anilines is 1. The molecule has 0 bridgehead atoms. The van der Waals surface area contributed by atoms with Gasteiger partial charge in [0.05, 0.1) is 10.6 Å². The molecule has 0 saturated carbocycles. The number of amides is 2. The summed E-state index contributed by atoms with van der Waals surface area (Å²) in [5.41, 5.74) is 0.846. The first-order valence-corrected chi connectivity index (χ1v) is 14.6. The van der Waals surface area contributed by atoms with Crippen molar-refractivity contribution >= 4 is 39.1 Å². The molecule has 0 aliphatic heterocycles. The lowest BCUT2D eigenvalue weighted by molar-refractivity contribution is -0.140. The lowest BCUT2D eigenvalue weighted by atomic mass is 10.1. The van der Waals surface area contributed by atoms with Crippen molar-refractivity contribution in [1.82, 2.24) is 10.2 Å². The van der Waals surface area contributed by atoms with E-state index < -0.39 is 34.3 Å². The molecule has 2 atom stereocenters. The Bertz CT molecular complexity index is 1350. The van der Waals surface area contributed by atoms with Crippen molar-refractivity contribution in [2.75, 3.05) is 10.8 Å². The van der Waals surface area contributed by atoms with E-state index in [-0.39, 0.29) is 29.1 Å². The van der Waals surface area contributed by atoms with Crippen LogP contribution < -0.4 is 9.62 Å². The molecule has 3 rings (SSSR count). The highest BCUT2D eigenvalue weighted by molar-refractivity contribution is 7.92. The first kappa shape index (κ1) is 30.1. The normalized spacial score (nSPS) is 12.8. The maximum absolute atomic E-state index is 13.9. The van der Waals surface area contributed by atoms with Crippen molar-refractivity contribution in [2.24, 2.45) is 0 Å². The van der Waals surface area contributed by atoms with Gasteiger partial charge in [0.2, 0.25) is 11.8 Å². The van der Waals surface area contributed by atoms with E-state index in [0.717, 1.165) is 22.0 Å². The van der Waals surface area contributed by atoms with E-state index in [1.807, 2.05) is 13.8 Å². The minimum Gasteiger partial charge on any atom is -0.352 e. The lowest BCUT2D eigenvalue weighted by Crippen LogP contribution is -2.53. The van der Waals surface area contributed by atoms with Gasteiger partial charge in [-0.1, -0.05) is 55.8 Å². The fourth-order valence-electron chi connectivity index (χ4n) is 4.00. The standard InChI is InChI=1S/C29H33ClFN3O4S/c1-4-21(3)32-29(36)27(5-2)33(19-22-11-13-23(30)14-12-22)28(35)20-34(25-17-15-24(31)16-18-25)39(37,38)26-9-7-6-8-10-26/h6-18,21,27H,4-5,19-20H2,1-3H3,(H,32,36)/t21-,27-/m0/s1. The number of rotatable bonds is 12. The van der Waals surface area contributed by atoms with E-state index in [2.05, 4.69) is 5.32 Å². The van der Waals surface area contributed by atoms with Gasteiger partial charge < -0.3 is 10.2 Å². The lowest BCUT2D eigenvalue weighted by Gasteiger charge is -2.33. The molecule has 0 fully saturated rings. The zero-order valence-electron chi connectivity index (χ0n) is 22.2. The maximum atomic E-state index is 13.9. The number of carbonyl (C=O) groups is 2. The third kappa shape index (κ3) is 7.80. The van der Waals surface area contributed by atoms with Gasteiger partial charge >= 0.3 is 0 Å². The number of nitrogens with zero attached hydrogens (tertiary/aromatic N) is 2. The molecule has 0 unspecified atom stereocenters. The summed E-state index contributed by atoms with van der Waals surface area (Å²) in [5, 5.41) is 3.45. The minimum absolute atomic E-state index is 0.0204. The summed E-state index contributed by atoms with van der Waals surface area (Å²) in [6.07, 6.45) is 1.02. The Morgan fingerprint density at radius 3 is 2.10 bits per heavy atom. The highest BCUT2D eigenvalue weighted by atomic mass is 35.5. The highest BCUT2D eigenvalue weighted by Crippen LogP contribution is 2.25. The molecule has 0 heterocycles. The van der Waals surface area contributed by atoms with Crippen LogP contribution in [0.3, 0.4) is 0 Å². The number of benzene rings is 3. The fraction of sp³-hybridized carbons (Fsp3) is 0.310. The van der Waals surface area contributed by atoms with Crippen LogP contribution in [0, 0.1) is 5.82 Å². The Morgan fingerprint density at radius 2 is 1.54 bits per heavy atom. The smallest absolute Gasteiger partial charge is 0.264 e. The number of sulfonamides is 1. The van der Waals surface area contributed by atoms with Crippen LogP contribution >= 0.6 is 11.6 Å². The molecular formula is C29H33ClFN3O4S. The van der Waals surface area contributed by atoms with E-state index in [0.29, 0.717) is 17.9 Å². The number of carbonyl (C=O) groups excluding carboxylic acids is 2. The second-order valence-electron chi connectivity index (χ2n) is 9.19. The van der Waals surface area contributed by atoms with E-state index in [4.69, 9.17) is 11.6 Å². The third-order valence-corrected chi connectivity index (χ3v) is 8.42. The molecule has 7 nitrogen and oxygen atoms in total. The Labute approximate surface area is 234 Å². The van der Waals surface area contributed by atoms with Gasteiger partial charge in [-0.05, 0) is 73.9 Å². The largest absolute Gasteiger partial charge is 0.352 e. The predicted molar refractivity (Wildman–Crippen MR) is 151 cm³/mol. The maximum Gasteiger partial charge on any atom is 0.264 e. The van der Waals surface area contributed by atoms with Crippen LogP contribution in [0.4, 0.5) is 10.1 Å². The molecule has 0 aromatic heterocycles. The summed E-state index contributed by atoms with van der Waals surface area (Å²) in [4.78, 5) is 28.6. The van der Waals surface area contributed by atoms with Gasteiger partial charge in [-0.3, -0.25) is 13.9 Å². The van der Waals surface area contributed by atoms with Crippen molar-refractivity contribution in [3.8, 4) is 0 Å². The van der Waals surface area contributed by atoms with Crippen molar-refractivity contribution in [3.63, 3.8) is 0 Å². The van der Waals surface area contributed by atoms with E-state index in [1.165, 1.54) is 29.2 Å². The summed E-state index contributed by atoms with van der Waals surface area (Å²) in [7, 11) is -4.20. The molecule has 39 heavy (non-hydrogen) atoms. The van der Waals surface area contributed by atoms with Gasteiger partial charge in [0.25, 0.3) is 10.0 Å². The Hall–Kier alpha value is -3.43. The Kier molecular flexibility index (Phi) is 10.5. The van der Waals surface area contributed by atoms with Crippen molar-refractivity contribution in [2.45, 2.75) is 57.1 Å². The average molecular weight is 574 g/mol. The molecule has 0 aliphatic rings. The predicted octanol–water partition coefficient (Wildman–Crippen LogP) is 5.40. The molecule has 10 heteroatoms. The van der Waals surface area contributed by atoms with Crippen LogP contribution in [0.25, 0.3) is 0 Å². The van der Waals surface area contributed by atoms with Crippen LogP contribution in [-0.4, -0.2) is 43.8 Å². The second kappa shape index (κ2) is 13.6. The second-order valence-corrected chi connectivity index (χ2v) is 11.5. The van der Waals surface area contributed by atoms with E-state index in [9.17, 15) is 22.4 Å². The van der Waals surface area contributed by atoms with E-state index in [1.54, 1.807) is 49.4 Å². The Balaban J connectivity index is 2.03. The number of nitrogens with one attached hydrogen (secondary N) is 1. The van der Waals surface area contributed by atoms with Gasteiger partial charge in [-0.25, -0.2) is 12.8 Å². The number of halogens is 2. The molecule has 0 aliphatic carbocycles. The molecule has 208 valence electrons. The number of hydrogen-bond donors (Lipinski definition) is 1. The topological polar surface area (TPSA) is 86.8 Å². The summed E-state index contributed by atoms with van der Waals surface area (Å²) < 4.78 is 42.0. The van der Waals surface area contributed by atoms with Crippen molar-refractivity contribution < 1.29 is 22.4 Å². The quantitative estimate of drug-likeness (QED) is 0.314. The summed E-state index contributed by atoms with van der Waals surface area (Å²) in [5.74, 6) is -1.45. The van der Waals surface area contributed by atoms with Crippen LogP contribution in [0.1, 0.15) is 39.2 Å². The zero-order valence-corrected chi connectivity index (χ0v) is 23.8. The molecule has 0 saturated heterocycles. The molecule has 2 amide bonds. The average Bonchev–Trinajstić information content (AvgIpc) is 2.93. The first-order chi connectivity index (χ1) is 18.6. The molecule has 0 spiro atoms. The molecule has 1 N–H and O–H groups in total. The zero-order chi connectivity index (χ0) is 28.6. The van der Waals surface area contributed by atoms with Crippen LogP contribution in [0.15, 0.2) is 83.8 Å². The van der Waals surface area contributed by atoms with E-state index >= 15 is 0 Å². The van der Waals surface area contributed by atoms with Gasteiger partial charge in [-0.2, -0.15) is 0 Å². The summed E-state index contributed by atoms with van der Waals surface area (Å²) in [6.45, 7) is 5.08. The first-order valence-electron chi connectivity index (χ1n) is 12.7. The van der Waals surface area contributed by atoms with Gasteiger partial charge in [0.1, 0.15) is 18.4 Å². The van der Waals surface area contributed by atoms with Gasteiger partial charge in [-0.15, -0.1) is 0 Å². The SMILES string of the molecule is CC[C@H](C)NC(=O)[C@H](CC)N(Cc1ccc(Cl)cc1)C(=O)CN(c1ccc(F)cc1)S(=O)(=O)c1ccccc1. The van der Waals surface area contributed by atoms with Gasteiger partial charge in [0, 0.05) is 17.6 Å². The summed E-state index contributed by atoms with van der Waals surface area (Å²) in [6, 6.07) is 18.5. The molecule has 3 aromatic carbocycles. The van der Waals surface area contributed by atoms with Crippen LogP contribution in [0.5, 0.6) is 0 Å². The molecule has 3 aromatic rings. The highest BCUT2D eigenvalue weighted by Gasteiger charge is 2.34. The van der Waals surface area contributed by atoms with Crippen LogP contribution in [0.2, 0.25) is 5.02 Å². The third-order valence-electron chi connectivity index (χ3n) is 6.38. The summed E-state index contributed by atoms with van der Waals surface area (Å²) >= 11 is 6.04. The minimum atomic E-state index is -4.20. The fourth-order valence-corrected chi connectivity index (χ4v) is 5.56. The Morgan fingerprint density at radius 1 is 0.923 bits per heavy atom. The van der Waals surface area contributed by atoms with Crippen molar-refractivity contribution in [1.29, 1.82) is 0 Å².